The molecule has 2 saturated heterocycles. The number of carbonyl (C=O) groups is 2. The first-order chi connectivity index (χ1) is 11.0. The van der Waals surface area contributed by atoms with Gasteiger partial charge in [0.15, 0.2) is 0 Å². The third-order valence-electron chi connectivity index (χ3n) is 3.82. The lowest BCUT2D eigenvalue weighted by Gasteiger charge is -2.41. The molecular weight excluding hydrogens is 322 g/mol. The maximum atomic E-state index is 12.2. The molecule has 3 rings (SSSR count). The summed E-state index contributed by atoms with van der Waals surface area (Å²) in [4.78, 5) is 24.2. The van der Waals surface area contributed by atoms with Crippen molar-refractivity contribution in [2.45, 2.75) is 6.04 Å². The molecule has 0 bridgehead atoms. The maximum absolute atomic E-state index is 12.2. The first-order valence-electron chi connectivity index (χ1n) is 7.23. The molecule has 3 amide bonds. The van der Waals surface area contributed by atoms with Gasteiger partial charge in [-0.2, -0.15) is 4.31 Å². The molecule has 0 spiro atoms. The van der Waals surface area contributed by atoms with Crippen LogP contribution in [-0.2, 0) is 14.8 Å². The number of benzene rings is 1. The van der Waals surface area contributed by atoms with Gasteiger partial charge in [-0.05, 0) is 12.1 Å². The predicted octanol–water partition coefficient (Wildman–Crippen LogP) is -0.369. The van der Waals surface area contributed by atoms with Gasteiger partial charge in [0.25, 0.3) is 0 Å². The second-order valence-electron chi connectivity index (χ2n) is 5.37. The Labute approximate surface area is 134 Å². The monoisotopic (exact) mass is 339 g/mol. The average Bonchev–Trinajstić information content (AvgIpc) is 2.79. The zero-order valence-electron chi connectivity index (χ0n) is 12.3. The summed E-state index contributed by atoms with van der Waals surface area (Å²) < 4.78 is 31.0. The molecule has 0 atom stereocenters. The van der Waals surface area contributed by atoms with E-state index in [2.05, 4.69) is 5.32 Å². The molecule has 1 aromatic rings. The van der Waals surface area contributed by atoms with Gasteiger partial charge in [0.05, 0.1) is 18.3 Å². The highest BCUT2D eigenvalue weighted by Crippen LogP contribution is 2.21. The Morgan fingerprint density at radius 3 is 2.48 bits per heavy atom. The molecule has 124 valence electrons. The fourth-order valence-corrected chi connectivity index (χ4v) is 3.87. The highest BCUT2D eigenvalue weighted by Gasteiger charge is 2.45. The van der Waals surface area contributed by atoms with Gasteiger partial charge in [0.1, 0.15) is 12.4 Å². The van der Waals surface area contributed by atoms with Gasteiger partial charge in [-0.3, -0.25) is 9.69 Å². The smallest absolute Gasteiger partial charge is 0.324 e. The quantitative estimate of drug-likeness (QED) is 0.714. The molecule has 1 N–H and O–H groups in total. The number of nitrogens with one attached hydrogen (secondary N) is 1. The molecule has 2 aliphatic heterocycles. The minimum atomic E-state index is -3.45. The number of ether oxygens (including phenoxy) is 1. The van der Waals surface area contributed by atoms with Gasteiger partial charge >= 0.3 is 6.03 Å². The minimum absolute atomic E-state index is 0.0208. The molecule has 2 aliphatic rings. The van der Waals surface area contributed by atoms with Crippen LogP contribution in [0.25, 0.3) is 0 Å². The number of amides is 3. The topological polar surface area (TPSA) is 96.0 Å². The van der Waals surface area contributed by atoms with E-state index < -0.39 is 16.1 Å². The molecule has 0 saturated carbocycles. The van der Waals surface area contributed by atoms with Crippen molar-refractivity contribution < 1.29 is 22.7 Å². The van der Waals surface area contributed by atoms with Crippen LogP contribution in [0.3, 0.4) is 0 Å². The summed E-state index contributed by atoms with van der Waals surface area (Å²) >= 11 is 0. The van der Waals surface area contributed by atoms with Crippen molar-refractivity contribution >= 4 is 22.0 Å². The van der Waals surface area contributed by atoms with E-state index >= 15 is 0 Å². The van der Waals surface area contributed by atoms with E-state index in [-0.39, 0.29) is 43.9 Å². The fraction of sp³-hybridized carbons (Fsp3) is 0.429. The third-order valence-corrected chi connectivity index (χ3v) is 5.59. The molecule has 2 heterocycles. The van der Waals surface area contributed by atoms with E-state index in [1.807, 2.05) is 18.2 Å². The van der Waals surface area contributed by atoms with Crippen molar-refractivity contribution in [3.8, 4) is 5.75 Å². The third kappa shape index (κ3) is 3.30. The molecule has 0 aromatic heterocycles. The average molecular weight is 339 g/mol. The number of urea groups is 1. The molecule has 1 aromatic carbocycles. The largest absolute Gasteiger partial charge is 0.492 e. The lowest BCUT2D eigenvalue weighted by atomic mass is 10.1. The van der Waals surface area contributed by atoms with Crippen LogP contribution >= 0.6 is 0 Å². The first-order valence-corrected chi connectivity index (χ1v) is 8.84. The maximum Gasteiger partial charge on any atom is 0.324 e. The van der Waals surface area contributed by atoms with Crippen molar-refractivity contribution in [2.75, 3.05) is 32.0 Å². The molecular formula is C14H17N3O5S. The summed E-state index contributed by atoms with van der Waals surface area (Å²) in [6.07, 6.45) is 0. The van der Waals surface area contributed by atoms with E-state index in [0.29, 0.717) is 5.75 Å². The summed E-state index contributed by atoms with van der Waals surface area (Å²) in [6, 6.07) is 8.14. The van der Waals surface area contributed by atoms with Crippen LogP contribution in [0.15, 0.2) is 30.3 Å². The van der Waals surface area contributed by atoms with E-state index in [4.69, 9.17) is 4.74 Å². The highest BCUT2D eigenvalue weighted by atomic mass is 32.2. The Kier molecular flexibility index (Phi) is 4.22. The Morgan fingerprint density at radius 1 is 1.17 bits per heavy atom. The normalized spacial score (nSPS) is 19.6. The van der Waals surface area contributed by atoms with Crippen LogP contribution in [0, 0.1) is 0 Å². The van der Waals surface area contributed by atoms with Gasteiger partial charge in [-0.1, -0.05) is 18.2 Å². The van der Waals surface area contributed by atoms with Crippen molar-refractivity contribution in [1.82, 2.24) is 14.5 Å². The zero-order valence-corrected chi connectivity index (χ0v) is 13.2. The number of para-hydroxylation sites is 1. The summed E-state index contributed by atoms with van der Waals surface area (Å²) in [5.74, 6) is 0.155. The lowest BCUT2D eigenvalue weighted by molar-refractivity contribution is -0.128. The molecule has 0 radical (unpaired) electrons. The summed E-state index contributed by atoms with van der Waals surface area (Å²) in [7, 11) is -3.45. The van der Waals surface area contributed by atoms with Crippen molar-refractivity contribution in [2.24, 2.45) is 0 Å². The summed E-state index contributed by atoms with van der Waals surface area (Å²) in [5, 5.41) is 2.42. The number of carbonyl (C=O) groups excluding carboxylic acids is 2. The number of sulfonamides is 1. The van der Waals surface area contributed by atoms with E-state index in [0.717, 1.165) is 4.90 Å². The predicted molar refractivity (Wildman–Crippen MR) is 81.3 cm³/mol. The van der Waals surface area contributed by atoms with Gasteiger partial charge in [0, 0.05) is 13.1 Å². The molecule has 8 nitrogen and oxygen atoms in total. The fourth-order valence-electron chi connectivity index (χ4n) is 2.52. The lowest BCUT2D eigenvalue weighted by Crippen LogP contribution is -2.62. The SMILES string of the molecule is O=C1CNC(=O)N1C1CN(S(=O)(=O)CCOc2ccccc2)C1. The number of hydrogen-bond acceptors (Lipinski definition) is 5. The second kappa shape index (κ2) is 6.17. The Bertz CT molecular complexity index is 684. The van der Waals surface area contributed by atoms with E-state index in [1.165, 1.54) is 4.31 Å². The van der Waals surface area contributed by atoms with Gasteiger partial charge < -0.3 is 10.1 Å². The van der Waals surface area contributed by atoms with Crippen LogP contribution < -0.4 is 10.1 Å². The minimum Gasteiger partial charge on any atom is -0.492 e. The van der Waals surface area contributed by atoms with Gasteiger partial charge in [-0.25, -0.2) is 13.2 Å². The Hall–Kier alpha value is -2.13. The summed E-state index contributed by atoms with van der Waals surface area (Å²) in [6.45, 7) is 0.323. The van der Waals surface area contributed by atoms with Crippen LogP contribution in [0.2, 0.25) is 0 Å². The highest BCUT2D eigenvalue weighted by molar-refractivity contribution is 7.89. The standard InChI is InChI=1S/C14H17N3O5S/c18-13-8-15-14(19)17(13)11-9-16(10-11)23(20,21)7-6-22-12-4-2-1-3-5-12/h1-5,11H,6-10H2,(H,15,19). The molecule has 23 heavy (non-hydrogen) atoms. The number of imide groups is 1. The molecule has 9 heteroatoms. The number of hydrogen-bond donors (Lipinski definition) is 1. The van der Waals surface area contributed by atoms with Crippen molar-refractivity contribution in [1.29, 1.82) is 0 Å². The van der Waals surface area contributed by atoms with Gasteiger partial charge in [-0.15, -0.1) is 0 Å². The van der Waals surface area contributed by atoms with E-state index in [9.17, 15) is 18.0 Å². The number of nitrogens with zero attached hydrogens (tertiary/aromatic N) is 2. The van der Waals surface area contributed by atoms with E-state index in [1.54, 1.807) is 12.1 Å². The molecule has 0 aliphatic carbocycles. The molecule has 0 unspecified atom stereocenters. The van der Waals surface area contributed by atoms with Crippen molar-refractivity contribution in [3.05, 3.63) is 30.3 Å². The Balaban J connectivity index is 1.48. The summed E-state index contributed by atoms with van der Waals surface area (Å²) in [5.41, 5.74) is 0. The van der Waals surface area contributed by atoms with Gasteiger partial charge in [0.2, 0.25) is 15.9 Å². The zero-order chi connectivity index (χ0) is 16.4. The molecule has 2 fully saturated rings. The van der Waals surface area contributed by atoms with Crippen LogP contribution in [-0.4, -0.2) is 67.6 Å². The Morgan fingerprint density at radius 2 is 1.87 bits per heavy atom. The first kappa shape index (κ1) is 15.8. The van der Waals surface area contributed by atoms with Crippen LogP contribution in [0.1, 0.15) is 0 Å². The number of rotatable bonds is 6. The van der Waals surface area contributed by atoms with Crippen LogP contribution in [0.4, 0.5) is 4.79 Å². The van der Waals surface area contributed by atoms with Crippen molar-refractivity contribution in [3.63, 3.8) is 0 Å². The van der Waals surface area contributed by atoms with Crippen LogP contribution in [0.5, 0.6) is 5.75 Å². The second-order valence-corrected chi connectivity index (χ2v) is 7.46.